The van der Waals surface area contributed by atoms with E-state index in [1.807, 2.05) is 35.2 Å². The number of carbonyl (C=O) groups excluding carboxylic acids is 3. The summed E-state index contributed by atoms with van der Waals surface area (Å²) in [6.45, 7) is 10.6. The standard InChI is InChI=1S/C45H56N10O5/c1-33(46)43(35-9-4-3-5-10-35)44-47-39(30-40(48-44)53-22-18-51(19-23-53)26-27-56)36-11-6-8-34(28-36)14-16-50(2)32-52-20-24-54(25-21-52)42(58)31-60-38-13-7-12-37(29-38)55-17-15-41(57)49-45(55)59/h3-13,28-30,46,48,56H,14-27,31-32H2,1-2H3,(H,49,57,59)/b44-43+,46-33?. The molecule has 3 aromatic rings. The van der Waals surface area contributed by atoms with Crippen molar-refractivity contribution in [3.05, 3.63) is 113 Å². The van der Waals surface area contributed by atoms with Gasteiger partial charge in [-0.2, -0.15) is 0 Å². The van der Waals surface area contributed by atoms with Crippen LogP contribution >= 0.6 is 0 Å². The maximum absolute atomic E-state index is 13.1. The maximum atomic E-state index is 13.1. The number of β-amino-alcohol motifs (C(OH)–C–C–N with tert-alkyl or cyclic N) is 1. The van der Waals surface area contributed by atoms with Gasteiger partial charge in [0.05, 0.1) is 19.0 Å². The van der Waals surface area contributed by atoms with Crippen molar-refractivity contribution in [3.63, 3.8) is 0 Å². The Hall–Kier alpha value is -5.87. The van der Waals surface area contributed by atoms with Crippen LogP contribution in [0.1, 0.15) is 30.0 Å². The quantitative estimate of drug-likeness (QED) is 0.168. The lowest BCUT2D eigenvalue weighted by Crippen LogP contribution is -2.52. The van der Waals surface area contributed by atoms with E-state index in [1.54, 1.807) is 31.2 Å². The fourth-order valence-electron chi connectivity index (χ4n) is 7.94. The summed E-state index contributed by atoms with van der Waals surface area (Å²) in [5.74, 6) is 1.74. The zero-order valence-electron chi connectivity index (χ0n) is 34.6. The van der Waals surface area contributed by atoms with Gasteiger partial charge in [0.2, 0.25) is 5.91 Å². The lowest BCUT2D eigenvalue weighted by atomic mass is 10.00. The number of ether oxygens (including phenoxy) is 1. The van der Waals surface area contributed by atoms with Crippen LogP contribution in [0.4, 0.5) is 10.5 Å². The van der Waals surface area contributed by atoms with Gasteiger partial charge in [-0.25, -0.2) is 9.79 Å². The number of carbonyl (C=O) groups is 3. The van der Waals surface area contributed by atoms with Gasteiger partial charge in [0.15, 0.2) is 6.61 Å². The SMILES string of the molecule is CC(=N)/C(=C1/N=C(c2cccc(CCN(C)CN3CCN(C(=O)COc4cccc(N5CCC(=O)NC5=O)c4)CC3)c2)C=C(N2CCN(CCO)CC2)N1)c1ccccc1. The van der Waals surface area contributed by atoms with Crippen LogP contribution in [-0.2, 0) is 16.0 Å². The fraction of sp³-hybridized carbons (Fsp3) is 0.400. The summed E-state index contributed by atoms with van der Waals surface area (Å²) < 4.78 is 5.84. The summed E-state index contributed by atoms with van der Waals surface area (Å²) in [4.78, 5) is 54.6. The molecule has 4 heterocycles. The number of aliphatic imine (C=N–C) groups is 1. The summed E-state index contributed by atoms with van der Waals surface area (Å²) in [6, 6.07) is 25.1. The van der Waals surface area contributed by atoms with E-state index in [-0.39, 0.29) is 31.4 Å². The number of likely N-dealkylation sites (N-methyl/N-ethyl adjacent to an activating group) is 1. The van der Waals surface area contributed by atoms with E-state index >= 15 is 0 Å². The first-order valence-electron chi connectivity index (χ1n) is 20.8. The van der Waals surface area contributed by atoms with Crippen LogP contribution in [0.25, 0.3) is 5.57 Å². The molecule has 15 nitrogen and oxygen atoms in total. The number of imide groups is 1. The summed E-state index contributed by atoms with van der Waals surface area (Å²) in [7, 11) is 2.13. The highest BCUT2D eigenvalue weighted by molar-refractivity contribution is 6.23. The molecule has 60 heavy (non-hydrogen) atoms. The molecule has 3 saturated heterocycles. The maximum Gasteiger partial charge on any atom is 0.328 e. The molecule has 4 aliphatic heterocycles. The molecule has 0 saturated carbocycles. The zero-order valence-corrected chi connectivity index (χ0v) is 34.6. The van der Waals surface area contributed by atoms with Crippen LogP contribution in [0, 0.1) is 5.41 Å². The van der Waals surface area contributed by atoms with E-state index in [1.165, 1.54) is 10.5 Å². The van der Waals surface area contributed by atoms with Gasteiger partial charge in [0, 0.05) is 113 Å². The van der Waals surface area contributed by atoms with Crippen molar-refractivity contribution in [2.75, 3.05) is 104 Å². The predicted molar refractivity (Wildman–Crippen MR) is 233 cm³/mol. The molecule has 3 aromatic carbocycles. The molecule has 0 aliphatic carbocycles. The van der Waals surface area contributed by atoms with Gasteiger partial charge < -0.3 is 30.4 Å². The molecule has 0 unspecified atom stereocenters. The zero-order chi connectivity index (χ0) is 42.0. The van der Waals surface area contributed by atoms with Crippen molar-refractivity contribution >= 4 is 40.5 Å². The Kier molecular flexibility index (Phi) is 14.0. The van der Waals surface area contributed by atoms with Crippen LogP contribution in [-0.4, -0.2) is 158 Å². The number of aliphatic hydroxyl groups excluding tert-OH is 1. The van der Waals surface area contributed by atoms with Crippen LogP contribution in [0.5, 0.6) is 5.75 Å². The average Bonchev–Trinajstić information content (AvgIpc) is 3.26. The Labute approximate surface area is 352 Å². The first-order valence-corrected chi connectivity index (χ1v) is 20.8. The minimum absolute atomic E-state index is 0.0811. The third-order valence-corrected chi connectivity index (χ3v) is 11.3. The molecular weight excluding hydrogens is 761 g/mol. The topological polar surface area (TPSA) is 160 Å². The number of benzene rings is 3. The molecule has 4 N–H and O–H groups in total. The summed E-state index contributed by atoms with van der Waals surface area (Å²) in [5.41, 5.74) is 5.82. The van der Waals surface area contributed by atoms with Crippen LogP contribution in [0.3, 0.4) is 0 Å². The van der Waals surface area contributed by atoms with Crippen molar-refractivity contribution < 1.29 is 24.2 Å². The molecule has 0 bridgehead atoms. The number of nitrogens with zero attached hydrogens (tertiary/aromatic N) is 7. The number of nitrogens with one attached hydrogen (secondary N) is 3. The number of hydrogen-bond donors (Lipinski definition) is 4. The Morgan fingerprint density at radius 2 is 1.63 bits per heavy atom. The summed E-state index contributed by atoms with van der Waals surface area (Å²) >= 11 is 0. The second-order valence-corrected chi connectivity index (χ2v) is 15.6. The number of allylic oxidation sites excluding steroid dienone is 2. The van der Waals surface area contributed by atoms with Gasteiger partial charge in [-0.3, -0.25) is 34.5 Å². The minimum Gasteiger partial charge on any atom is -0.484 e. The molecule has 0 spiro atoms. The number of anilines is 1. The Balaban J connectivity index is 0.931. The number of urea groups is 1. The van der Waals surface area contributed by atoms with E-state index in [0.29, 0.717) is 49.1 Å². The molecule has 15 heteroatoms. The van der Waals surface area contributed by atoms with Gasteiger partial charge in [-0.15, -0.1) is 0 Å². The molecule has 4 amide bonds. The highest BCUT2D eigenvalue weighted by Crippen LogP contribution is 2.26. The Morgan fingerprint density at radius 1 is 0.883 bits per heavy atom. The first kappa shape index (κ1) is 42.3. The van der Waals surface area contributed by atoms with Crippen LogP contribution in [0.15, 0.2) is 102 Å². The largest absolute Gasteiger partial charge is 0.484 e. The molecule has 0 radical (unpaired) electrons. The van der Waals surface area contributed by atoms with Crippen molar-refractivity contribution in [2.45, 2.75) is 19.8 Å². The summed E-state index contributed by atoms with van der Waals surface area (Å²) in [6.07, 6.45) is 3.21. The third-order valence-electron chi connectivity index (χ3n) is 11.3. The van der Waals surface area contributed by atoms with E-state index in [0.717, 1.165) is 87.1 Å². The Bertz CT molecular complexity index is 2120. The molecule has 316 valence electrons. The molecule has 0 atom stereocenters. The Morgan fingerprint density at radius 3 is 2.37 bits per heavy atom. The number of hydrogen-bond acceptors (Lipinski definition) is 12. The van der Waals surface area contributed by atoms with Crippen molar-refractivity contribution in [3.8, 4) is 5.75 Å². The van der Waals surface area contributed by atoms with E-state index in [2.05, 4.69) is 67.6 Å². The highest BCUT2D eigenvalue weighted by Gasteiger charge is 2.27. The lowest BCUT2D eigenvalue weighted by molar-refractivity contribution is -0.135. The minimum atomic E-state index is -0.464. The molecular formula is C45H56N10O5. The smallest absolute Gasteiger partial charge is 0.328 e. The number of rotatable bonds is 15. The monoisotopic (exact) mass is 816 g/mol. The fourth-order valence-corrected chi connectivity index (χ4v) is 7.94. The second kappa shape index (κ2) is 19.9. The van der Waals surface area contributed by atoms with Crippen molar-refractivity contribution in [2.24, 2.45) is 4.99 Å². The number of piperazine rings is 2. The molecule has 4 aliphatic rings. The van der Waals surface area contributed by atoms with E-state index in [9.17, 15) is 19.5 Å². The lowest BCUT2D eigenvalue weighted by Gasteiger charge is -2.38. The molecule has 0 aromatic heterocycles. The van der Waals surface area contributed by atoms with Crippen LogP contribution < -0.4 is 20.3 Å². The second-order valence-electron chi connectivity index (χ2n) is 15.6. The van der Waals surface area contributed by atoms with Gasteiger partial charge >= 0.3 is 6.03 Å². The third kappa shape index (κ3) is 10.8. The van der Waals surface area contributed by atoms with Gasteiger partial charge in [0.1, 0.15) is 17.4 Å². The number of aliphatic hydroxyl groups is 1. The van der Waals surface area contributed by atoms with Gasteiger partial charge in [0.25, 0.3) is 5.91 Å². The van der Waals surface area contributed by atoms with Gasteiger partial charge in [-0.1, -0.05) is 54.6 Å². The average molecular weight is 817 g/mol. The highest BCUT2D eigenvalue weighted by atomic mass is 16.5. The van der Waals surface area contributed by atoms with Crippen molar-refractivity contribution in [1.29, 1.82) is 5.41 Å². The van der Waals surface area contributed by atoms with Gasteiger partial charge in [-0.05, 0) is 49.7 Å². The molecule has 7 rings (SSSR count). The predicted octanol–water partition coefficient (Wildman–Crippen LogP) is 3.04. The van der Waals surface area contributed by atoms with Crippen LogP contribution in [0.2, 0.25) is 0 Å². The number of amides is 4. The summed E-state index contributed by atoms with van der Waals surface area (Å²) in [5, 5.41) is 24.1. The van der Waals surface area contributed by atoms with E-state index in [4.69, 9.17) is 15.1 Å². The molecule has 3 fully saturated rings. The first-order chi connectivity index (χ1) is 29.1. The van der Waals surface area contributed by atoms with E-state index < -0.39 is 6.03 Å². The normalized spacial score (nSPS) is 18.8. The van der Waals surface area contributed by atoms with Crippen molar-refractivity contribution in [1.82, 2.24) is 35.1 Å².